The monoisotopic (exact) mass is 367 g/mol. The van der Waals surface area contributed by atoms with Gasteiger partial charge in [0, 0.05) is 13.0 Å². The van der Waals surface area contributed by atoms with E-state index in [0.717, 1.165) is 0 Å². The number of aryl methyl sites for hydroxylation is 1. The fourth-order valence-electron chi connectivity index (χ4n) is 3.01. The van der Waals surface area contributed by atoms with Crippen LogP contribution in [-0.4, -0.2) is 54.3 Å². The highest BCUT2D eigenvalue weighted by atomic mass is 32.2. The van der Waals surface area contributed by atoms with Crippen LogP contribution in [0.1, 0.15) is 18.1 Å². The highest BCUT2D eigenvalue weighted by Gasteiger charge is 2.47. The number of sulfonamides is 1. The number of aromatic nitrogens is 2. The van der Waals surface area contributed by atoms with E-state index in [1.54, 1.807) is 19.1 Å². The predicted octanol–water partition coefficient (Wildman–Crippen LogP) is 0.431. The molecule has 4 rings (SSSR count). The first-order valence-corrected chi connectivity index (χ1v) is 9.26. The van der Waals surface area contributed by atoms with Gasteiger partial charge >= 0.3 is 0 Å². The Bertz CT molecular complexity index is 912. The molecule has 0 amide bonds. The Balaban J connectivity index is 1.66. The van der Waals surface area contributed by atoms with Crippen molar-refractivity contribution in [3.8, 4) is 11.5 Å². The van der Waals surface area contributed by atoms with Gasteiger partial charge in [-0.15, -0.1) is 0 Å². The molecule has 134 valence electrons. The fourth-order valence-corrected chi connectivity index (χ4v) is 4.65. The van der Waals surface area contributed by atoms with Gasteiger partial charge in [-0.05, 0) is 19.1 Å². The third-order valence-corrected chi connectivity index (χ3v) is 6.16. The fraction of sp³-hybridized carbons (Fsp3) is 0.467. The van der Waals surface area contributed by atoms with Crippen molar-refractivity contribution in [2.24, 2.45) is 0 Å². The van der Waals surface area contributed by atoms with Crippen molar-refractivity contribution in [3.63, 3.8) is 0 Å². The number of nitrogens with zero attached hydrogens (tertiary/aromatic N) is 3. The van der Waals surface area contributed by atoms with Gasteiger partial charge in [-0.1, -0.05) is 11.2 Å². The molecule has 2 aliphatic heterocycles. The smallest absolute Gasteiger partial charge is 0.260 e. The number of hydrogen-bond acceptors (Lipinski definition) is 8. The molecular formula is C15H17N3O6S. The molecule has 0 aliphatic carbocycles. The summed E-state index contributed by atoms with van der Waals surface area (Å²) in [5, 5.41) is 14.4. The Hall–Kier alpha value is -2.17. The first kappa shape index (κ1) is 16.3. The van der Waals surface area contributed by atoms with Crippen LogP contribution in [0, 0.1) is 6.92 Å². The number of para-hydroxylation sites is 1. The van der Waals surface area contributed by atoms with E-state index in [0.29, 0.717) is 18.2 Å². The van der Waals surface area contributed by atoms with E-state index < -0.39 is 15.6 Å². The van der Waals surface area contributed by atoms with E-state index >= 15 is 0 Å². The minimum atomic E-state index is -3.87. The van der Waals surface area contributed by atoms with Gasteiger partial charge in [0.2, 0.25) is 10.0 Å². The van der Waals surface area contributed by atoms with E-state index in [-0.39, 0.29) is 42.7 Å². The molecule has 1 aromatic heterocycles. The summed E-state index contributed by atoms with van der Waals surface area (Å²) in [5.74, 6) is 1.01. The highest BCUT2D eigenvalue weighted by molar-refractivity contribution is 7.89. The normalized spacial score (nSPS) is 23.8. The quantitative estimate of drug-likeness (QED) is 0.831. The summed E-state index contributed by atoms with van der Waals surface area (Å²) in [4.78, 5) is 4.05. The number of benzene rings is 1. The third-order valence-electron chi connectivity index (χ3n) is 4.29. The average molecular weight is 367 g/mol. The molecule has 25 heavy (non-hydrogen) atoms. The zero-order valence-corrected chi connectivity index (χ0v) is 14.3. The maximum atomic E-state index is 13.0. The number of β-amino-alcohol motifs (C(OH)–C–C–N with tert-alkyl or cyclic N) is 1. The summed E-state index contributed by atoms with van der Waals surface area (Å²) in [5.41, 5.74) is -1.50. The van der Waals surface area contributed by atoms with Gasteiger partial charge in [0.05, 0.1) is 6.54 Å². The van der Waals surface area contributed by atoms with Gasteiger partial charge in [-0.25, -0.2) is 8.42 Å². The molecule has 1 aromatic carbocycles. The topological polar surface area (TPSA) is 115 Å². The molecule has 0 radical (unpaired) electrons. The van der Waals surface area contributed by atoms with Gasteiger partial charge in [0.25, 0.3) is 5.89 Å². The molecular weight excluding hydrogens is 350 g/mol. The van der Waals surface area contributed by atoms with Crippen molar-refractivity contribution >= 4 is 10.0 Å². The zero-order chi connectivity index (χ0) is 17.7. The molecule has 0 unspecified atom stereocenters. The van der Waals surface area contributed by atoms with Crippen molar-refractivity contribution < 1.29 is 27.5 Å². The second-order valence-electron chi connectivity index (χ2n) is 6.05. The standard InChI is InChI=1S/C15H17N3O6S/c1-10-16-14(24-17-10)15(19)5-6-18(9-15)25(20,21)12-4-2-3-11-13(12)23-8-7-22-11/h2-4,19H,5-9H2,1H3/t15-/m1/s1. The summed E-state index contributed by atoms with van der Waals surface area (Å²) >= 11 is 0. The molecule has 0 spiro atoms. The Morgan fingerprint density at radius 1 is 1.28 bits per heavy atom. The number of fused-ring (bicyclic) bond motifs is 1. The van der Waals surface area contributed by atoms with Crippen molar-refractivity contribution in [1.29, 1.82) is 0 Å². The summed E-state index contributed by atoms with van der Waals surface area (Å²) in [6.45, 7) is 2.25. The van der Waals surface area contributed by atoms with Crippen LogP contribution < -0.4 is 9.47 Å². The summed E-state index contributed by atoms with van der Waals surface area (Å²) in [7, 11) is -3.87. The maximum Gasteiger partial charge on any atom is 0.260 e. The summed E-state index contributed by atoms with van der Waals surface area (Å²) in [6, 6.07) is 4.73. The molecule has 0 saturated carbocycles. The van der Waals surface area contributed by atoms with Crippen LogP contribution in [0.2, 0.25) is 0 Å². The lowest BCUT2D eigenvalue weighted by Crippen LogP contribution is -2.35. The Labute approximate surface area is 144 Å². The Morgan fingerprint density at radius 3 is 2.84 bits per heavy atom. The molecule has 0 bridgehead atoms. The lowest BCUT2D eigenvalue weighted by atomic mass is 10.0. The first-order chi connectivity index (χ1) is 11.9. The van der Waals surface area contributed by atoms with Crippen LogP contribution in [0.15, 0.2) is 27.6 Å². The number of ether oxygens (including phenoxy) is 2. The molecule has 9 nitrogen and oxygen atoms in total. The van der Waals surface area contributed by atoms with Gasteiger partial charge in [0.15, 0.2) is 22.9 Å². The van der Waals surface area contributed by atoms with Crippen molar-refractivity contribution in [1.82, 2.24) is 14.4 Å². The molecule has 3 heterocycles. The van der Waals surface area contributed by atoms with Crippen LogP contribution in [0.4, 0.5) is 0 Å². The highest BCUT2D eigenvalue weighted by Crippen LogP contribution is 2.40. The van der Waals surface area contributed by atoms with E-state index in [1.165, 1.54) is 10.4 Å². The van der Waals surface area contributed by atoms with Crippen LogP contribution in [0.3, 0.4) is 0 Å². The van der Waals surface area contributed by atoms with Crippen LogP contribution in [-0.2, 0) is 15.6 Å². The summed E-state index contributed by atoms with van der Waals surface area (Å²) in [6.07, 6.45) is 0.167. The van der Waals surface area contributed by atoms with E-state index in [1.807, 2.05) is 0 Å². The molecule has 1 N–H and O–H groups in total. The number of hydrogen-bond donors (Lipinski definition) is 1. The second kappa shape index (κ2) is 5.68. The summed E-state index contributed by atoms with van der Waals surface area (Å²) < 4.78 is 43.3. The molecule has 1 atom stereocenters. The van der Waals surface area contributed by atoms with Gasteiger partial charge in [-0.3, -0.25) is 0 Å². The van der Waals surface area contributed by atoms with Gasteiger partial charge < -0.3 is 19.1 Å². The Morgan fingerprint density at radius 2 is 2.08 bits per heavy atom. The largest absolute Gasteiger partial charge is 0.486 e. The average Bonchev–Trinajstić information content (AvgIpc) is 3.22. The lowest BCUT2D eigenvalue weighted by Gasteiger charge is -2.24. The SMILES string of the molecule is Cc1noc([C@@]2(O)CCN(S(=O)(=O)c3cccc4c3OCCO4)C2)n1. The first-order valence-electron chi connectivity index (χ1n) is 7.82. The molecule has 1 saturated heterocycles. The zero-order valence-electron chi connectivity index (χ0n) is 13.5. The maximum absolute atomic E-state index is 13.0. The lowest BCUT2D eigenvalue weighted by molar-refractivity contribution is 0.0194. The molecule has 2 aromatic rings. The molecule has 1 fully saturated rings. The Kier molecular flexibility index (Phi) is 3.71. The van der Waals surface area contributed by atoms with Crippen LogP contribution in [0.5, 0.6) is 11.5 Å². The number of aliphatic hydroxyl groups is 1. The van der Waals surface area contributed by atoms with Crippen molar-refractivity contribution in [2.75, 3.05) is 26.3 Å². The van der Waals surface area contributed by atoms with E-state index in [4.69, 9.17) is 14.0 Å². The van der Waals surface area contributed by atoms with Gasteiger partial charge in [-0.2, -0.15) is 9.29 Å². The van der Waals surface area contributed by atoms with Crippen molar-refractivity contribution in [2.45, 2.75) is 23.8 Å². The van der Waals surface area contributed by atoms with E-state index in [2.05, 4.69) is 10.1 Å². The molecule has 10 heteroatoms. The third kappa shape index (κ3) is 2.66. The van der Waals surface area contributed by atoms with Crippen LogP contribution in [0.25, 0.3) is 0 Å². The van der Waals surface area contributed by atoms with Gasteiger partial charge in [0.1, 0.15) is 18.1 Å². The minimum Gasteiger partial charge on any atom is -0.486 e. The predicted molar refractivity (Wildman–Crippen MR) is 83.7 cm³/mol. The van der Waals surface area contributed by atoms with E-state index in [9.17, 15) is 13.5 Å². The van der Waals surface area contributed by atoms with Crippen molar-refractivity contribution in [3.05, 3.63) is 29.9 Å². The minimum absolute atomic E-state index is 0.0238. The number of rotatable bonds is 3. The van der Waals surface area contributed by atoms with Crippen LogP contribution >= 0.6 is 0 Å². The second-order valence-corrected chi connectivity index (χ2v) is 7.95. The molecule has 2 aliphatic rings.